The minimum absolute atomic E-state index is 0.133. The van der Waals surface area contributed by atoms with Crippen LogP contribution < -0.4 is 9.46 Å². The first-order valence-corrected chi connectivity index (χ1v) is 10.9. The third kappa shape index (κ3) is 3.60. The zero-order valence-corrected chi connectivity index (χ0v) is 15.6. The van der Waals surface area contributed by atoms with Crippen LogP contribution in [0.1, 0.15) is 18.4 Å². The predicted molar refractivity (Wildman–Crippen MR) is 98.4 cm³/mol. The number of nitrogens with one attached hydrogen (secondary N) is 1. The van der Waals surface area contributed by atoms with Crippen molar-refractivity contribution >= 4 is 21.4 Å². The summed E-state index contributed by atoms with van der Waals surface area (Å²) in [7, 11) is -3.52. The van der Waals surface area contributed by atoms with Gasteiger partial charge in [0.1, 0.15) is 10.6 Å². The second-order valence-corrected chi connectivity index (χ2v) is 9.48. The van der Waals surface area contributed by atoms with Crippen molar-refractivity contribution in [2.45, 2.75) is 24.3 Å². The standard InChI is InChI=1S/C18H22N2O3S2/c21-25(22)17-4-2-1-3-16(17)23-14-18(13-19-25)6-8-20(9-7-18)11-15-5-10-24-12-15/h1-5,10,12,19H,6-9,11,13-14H2. The molecule has 1 aromatic heterocycles. The highest BCUT2D eigenvalue weighted by Crippen LogP contribution is 2.36. The number of sulfonamides is 1. The number of hydrogen-bond donors (Lipinski definition) is 1. The molecule has 1 spiro atoms. The fourth-order valence-corrected chi connectivity index (χ4v) is 5.51. The van der Waals surface area contributed by atoms with Gasteiger partial charge in [-0.3, -0.25) is 4.90 Å². The number of para-hydroxylation sites is 1. The molecular weight excluding hydrogens is 356 g/mol. The topological polar surface area (TPSA) is 58.6 Å². The number of hydrogen-bond acceptors (Lipinski definition) is 5. The van der Waals surface area contributed by atoms with E-state index in [1.807, 2.05) is 6.07 Å². The van der Waals surface area contributed by atoms with Gasteiger partial charge in [-0.15, -0.1) is 0 Å². The molecule has 0 saturated carbocycles. The van der Waals surface area contributed by atoms with E-state index in [1.165, 1.54) is 5.56 Å². The molecule has 0 aliphatic carbocycles. The van der Waals surface area contributed by atoms with Crippen molar-refractivity contribution in [2.75, 3.05) is 26.2 Å². The minimum Gasteiger partial charge on any atom is -0.492 e. The maximum Gasteiger partial charge on any atom is 0.244 e. The summed E-state index contributed by atoms with van der Waals surface area (Å²) in [6, 6.07) is 9.03. The van der Waals surface area contributed by atoms with Crippen molar-refractivity contribution in [3.63, 3.8) is 0 Å². The van der Waals surface area contributed by atoms with Gasteiger partial charge < -0.3 is 4.74 Å². The van der Waals surface area contributed by atoms with Crippen LogP contribution >= 0.6 is 11.3 Å². The highest BCUT2D eigenvalue weighted by molar-refractivity contribution is 7.89. The number of fused-ring (bicyclic) bond motifs is 1. The van der Waals surface area contributed by atoms with Crippen LogP contribution in [0, 0.1) is 5.41 Å². The molecule has 2 aromatic rings. The van der Waals surface area contributed by atoms with Crippen LogP contribution in [-0.4, -0.2) is 39.6 Å². The average molecular weight is 379 g/mol. The molecule has 0 radical (unpaired) electrons. The zero-order chi connectivity index (χ0) is 17.3. The van der Waals surface area contributed by atoms with E-state index in [0.717, 1.165) is 32.5 Å². The van der Waals surface area contributed by atoms with Crippen molar-refractivity contribution in [3.8, 4) is 5.75 Å². The van der Waals surface area contributed by atoms with Crippen LogP contribution in [0.5, 0.6) is 5.75 Å². The van der Waals surface area contributed by atoms with Gasteiger partial charge in [0.25, 0.3) is 0 Å². The van der Waals surface area contributed by atoms with Gasteiger partial charge in [0.2, 0.25) is 10.0 Å². The van der Waals surface area contributed by atoms with Crippen LogP contribution in [0.25, 0.3) is 0 Å². The SMILES string of the molecule is O=S1(=O)NCC2(CCN(Cc3ccsc3)CC2)COc2ccccc21. The molecule has 7 heteroatoms. The summed E-state index contributed by atoms with van der Waals surface area (Å²) in [6.07, 6.45) is 1.86. The Labute approximate surface area is 152 Å². The number of ether oxygens (including phenoxy) is 1. The van der Waals surface area contributed by atoms with Gasteiger partial charge in [-0.05, 0) is 60.5 Å². The molecule has 3 heterocycles. The average Bonchev–Trinajstić information content (AvgIpc) is 3.13. The number of benzene rings is 1. The molecule has 134 valence electrons. The molecule has 1 saturated heterocycles. The Morgan fingerprint density at radius 2 is 2.00 bits per heavy atom. The number of rotatable bonds is 2. The molecule has 0 unspecified atom stereocenters. The summed E-state index contributed by atoms with van der Waals surface area (Å²) in [6.45, 7) is 3.88. The second-order valence-electron chi connectivity index (χ2n) is 6.97. The van der Waals surface area contributed by atoms with E-state index in [4.69, 9.17) is 4.74 Å². The van der Waals surface area contributed by atoms with Crippen LogP contribution in [0.4, 0.5) is 0 Å². The van der Waals surface area contributed by atoms with Crippen molar-refractivity contribution in [1.82, 2.24) is 9.62 Å². The summed E-state index contributed by atoms with van der Waals surface area (Å²) in [5.74, 6) is 0.453. The fraction of sp³-hybridized carbons (Fsp3) is 0.444. The predicted octanol–water partition coefficient (Wildman–Crippen LogP) is 2.70. The molecule has 5 nitrogen and oxygen atoms in total. The van der Waals surface area contributed by atoms with Gasteiger partial charge in [-0.25, -0.2) is 13.1 Å². The molecule has 0 bridgehead atoms. The Bertz CT molecular complexity index is 826. The maximum absolute atomic E-state index is 12.5. The summed E-state index contributed by atoms with van der Waals surface area (Å²) >= 11 is 1.72. The van der Waals surface area contributed by atoms with Gasteiger partial charge in [0, 0.05) is 18.5 Å². The third-order valence-corrected chi connectivity index (χ3v) is 7.39. The smallest absolute Gasteiger partial charge is 0.244 e. The molecule has 0 atom stereocenters. The lowest BCUT2D eigenvalue weighted by Gasteiger charge is -2.42. The van der Waals surface area contributed by atoms with E-state index < -0.39 is 10.0 Å². The van der Waals surface area contributed by atoms with Crippen LogP contribution in [0.3, 0.4) is 0 Å². The molecule has 2 aliphatic heterocycles. The van der Waals surface area contributed by atoms with E-state index in [9.17, 15) is 8.42 Å². The number of nitrogens with zero attached hydrogens (tertiary/aromatic N) is 1. The lowest BCUT2D eigenvalue weighted by Crippen LogP contribution is -2.49. The Balaban J connectivity index is 1.47. The highest BCUT2D eigenvalue weighted by Gasteiger charge is 2.38. The molecule has 0 amide bonds. The summed E-state index contributed by atoms with van der Waals surface area (Å²) < 4.78 is 33.9. The first-order valence-electron chi connectivity index (χ1n) is 8.51. The van der Waals surface area contributed by atoms with E-state index in [0.29, 0.717) is 18.9 Å². The Morgan fingerprint density at radius 1 is 1.20 bits per heavy atom. The molecule has 1 N–H and O–H groups in total. The first-order chi connectivity index (χ1) is 12.1. The van der Waals surface area contributed by atoms with Gasteiger partial charge in [0.15, 0.2) is 0 Å². The molecule has 4 rings (SSSR count). The molecule has 2 aliphatic rings. The second kappa shape index (κ2) is 6.72. The number of thiophene rings is 1. The van der Waals surface area contributed by atoms with Crippen molar-refractivity contribution in [2.24, 2.45) is 5.41 Å². The first kappa shape index (κ1) is 17.0. The van der Waals surface area contributed by atoms with Crippen LogP contribution in [0.15, 0.2) is 46.0 Å². The van der Waals surface area contributed by atoms with E-state index >= 15 is 0 Å². The van der Waals surface area contributed by atoms with Crippen molar-refractivity contribution in [1.29, 1.82) is 0 Å². The highest BCUT2D eigenvalue weighted by atomic mass is 32.2. The molecule has 1 aromatic carbocycles. The largest absolute Gasteiger partial charge is 0.492 e. The number of piperidine rings is 1. The summed E-state index contributed by atoms with van der Waals surface area (Å²) in [4.78, 5) is 2.67. The lowest BCUT2D eigenvalue weighted by atomic mass is 9.79. The van der Waals surface area contributed by atoms with E-state index in [1.54, 1.807) is 29.5 Å². The van der Waals surface area contributed by atoms with E-state index in [-0.39, 0.29) is 10.3 Å². The Morgan fingerprint density at radius 3 is 2.76 bits per heavy atom. The van der Waals surface area contributed by atoms with Crippen molar-refractivity contribution < 1.29 is 13.2 Å². The van der Waals surface area contributed by atoms with Gasteiger partial charge >= 0.3 is 0 Å². The van der Waals surface area contributed by atoms with Crippen LogP contribution in [0.2, 0.25) is 0 Å². The van der Waals surface area contributed by atoms with E-state index in [2.05, 4.69) is 26.4 Å². The van der Waals surface area contributed by atoms with Gasteiger partial charge in [-0.2, -0.15) is 11.3 Å². The molecule has 1 fully saturated rings. The Hall–Kier alpha value is -1.41. The zero-order valence-electron chi connectivity index (χ0n) is 14.0. The quantitative estimate of drug-likeness (QED) is 0.873. The summed E-state index contributed by atoms with van der Waals surface area (Å²) in [5, 5.41) is 4.30. The maximum atomic E-state index is 12.5. The number of likely N-dealkylation sites (tertiary alicyclic amines) is 1. The monoisotopic (exact) mass is 378 g/mol. The Kier molecular flexibility index (Phi) is 4.58. The van der Waals surface area contributed by atoms with Gasteiger partial charge in [-0.1, -0.05) is 12.1 Å². The lowest BCUT2D eigenvalue weighted by molar-refractivity contribution is 0.0523. The fourth-order valence-electron chi connectivity index (χ4n) is 3.55. The third-order valence-electron chi connectivity index (χ3n) is 5.21. The van der Waals surface area contributed by atoms with Crippen molar-refractivity contribution in [3.05, 3.63) is 46.7 Å². The summed E-state index contributed by atoms with van der Waals surface area (Å²) in [5.41, 5.74) is 1.22. The van der Waals surface area contributed by atoms with Gasteiger partial charge in [0.05, 0.1) is 6.61 Å². The molecule has 25 heavy (non-hydrogen) atoms. The van der Waals surface area contributed by atoms with Crippen LogP contribution in [-0.2, 0) is 16.6 Å². The minimum atomic E-state index is -3.52. The molecular formula is C18H22N2O3S2. The normalized spacial score (nSPS) is 22.6.